The van der Waals surface area contributed by atoms with E-state index in [1.165, 1.54) is 0 Å². The molecular formula is C22H31N5O3. The van der Waals surface area contributed by atoms with Crippen molar-refractivity contribution in [1.29, 1.82) is 0 Å². The molecular weight excluding hydrogens is 382 g/mol. The molecule has 0 N–H and O–H groups in total. The first-order valence-electron chi connectivity index (χ1n) is 10.5. The van der Waals surface area contributed by atoms with E-state index in [1.54, 1.807) is 15.8 Å². The normalized spacial score (nSPS) is 24.5. The van der Waals surface area contributed by atoms with Crippen molar-refractivity contribution in [2.45, 2.75) is 26.3 Å². The monoisotopic (exact) mass is 413 g/mol. The van der Waals surface area contributed by atoms with Gasteiger partial charge in [0, 0.05) is 77.1 Å². The van der Waals surface area contributed by atoms with Gasteiger partial charge in [-0.15, -0.1) is 0 Å². The van der Waals surface area contributed by atoms with Crippen LogP contribution in [0.5, 0.6) is 0 Å². The first-order chi connectivity index (χ1) is 14.3. The van der Waals surface area contributed by atoms with Crippen molar-refractivity contribution in [3.63, 3.8) is 0 Å². The first-order valence-corrected chi connectivity index (χ1v) is 10.5. The SMILES string of the molecule is Cc1ccoc1C(=O)N1CCC[C@]2(C(=O)N(C)C)CN(Cc3cnn(C)c3)C[C@@H]2C1. The molecule has 0 unspecified atom stereocenters. The van der Waals surface area contributed by atoms with Gasteiger partial charge in [-0.2, -0.15) is 5.10 Å². The van der Waals surface area contributed by atoms with Crippen molar-refractivity contribution in [2.75, 3.05) is 40.3 Å². The summed E-state index contributed by atoms with van der Waals surface area (Å²) in [6.07, 6.45) is 7.06. The molecule has 0 aromatic carbocycles. The molecule has 8 nitrogen and oxygen atoms in total. The lowest BCUT2D eigenvalue weighted by Crippen LogP contribution is -2.47. The molecule has 2 aliphatic rings. The molecule has 2 aromatic rings. The first kappa shape index (κ1) is 20.7. The minimum atomic E-state index is -0.459. The number of aromatic nitrogens is 2. The van der Waals surface area contributed by atoms with Gasteiger partial charge in [0.25, 0.3) is 5.91 Å². The Balaban J connectivity index is 1.59. The highest BCUT2D eigenvalue weighted by Gasteiger charge is 2.54. The van der Waals surface area contributed by atoms with E-state index in [-0.39, 0.29) is 17.7 Å². The molecule has 0 saturated carbocycles. The van der Waals surface area contributed by atoms with Crippen LogP contribution in [-0.2, 0) is 18.4 Å². The zero-order chi connectivity index (χ0) is 21.5. The van der Waals surface area contributed by atoms with E-state index >= 15 is 0 Å². The standard InChI is InChI=1S/C22H31N5O3/c1-16-6-9-30-19(16)20(28)27-8-5-7-22(21(29)24(2)3)15-26(13-18(22)14-27)12-17-10-23-25(4)11-17/h6,9-11,18H,5,7-8,12-15H2,1-4H3/t18-,22+/m1/s1. The van der Waals surface area contributed by atoms with Crippen LogP contribution >= 0.6 is 0 Å². The van der Waals surface area contributed by atoms with Gasteiger partial charge >= 0.3 is 0 Å². The molecule has 0 aliphatic carbocycles. The highest BCUT2D eigenvalue weighted by atomic mass is 16.3. The summed E-state index contributed by atoms with van der Waals surface area (Å²) in [5.74, 6) is 0.596. The third kappa shape index (κ3) is 3.64. The predicted molar refractivity (Wildman–Crippen MR) is 112 cm³/mol. The largest absolute Gasteiger partial charge is 0.459 e. The van der Waals surface area contributed by atoms with Gasteiger partial charge in [0.05, 0.1) is 17.9 Å². The van der Waals surface area contributed by atoms with Crippen LogP contribution in [0.4, 0.5) is 0 Å². The molecule has 2 atom stereocenters. The smallest absolute Gasteiger partial charge is 0.289 e. The highest BCUT2D eigenvalue weighted by Crippen LogP contribution is 2.44. The van der Waals surface area contributed by atoms with Crippen LogP contribution in [0, 0.1) is 18.3 Å². The van der Waals surface area contributed by atoms with Crippen LogP contribution in [0.1, 0.15) is 34.5 Å². The van der Waals surface area contributed by atoms with E-state index in [2.05, 4.69) is 10.00 Å². The van der Waals surface area contributed by atoms with Gasteiger partial charge in [0.2, 0.25) is 5.91 Å². The molecule has 4 heterocycles. The second kappa shape index (κ2) is 7.91. The molecule has 2 aromatic heterocycles. The molecule has 2 saturated heterocycles. The zero-order valence-electron chi connectivity index (χ0n) is 18.3. The second-order valence-electron chi connectivity index (χ2n) is 9.03. The lowest BCUT2D eigenvalue weighted by Gasteiger charge is -2.34. The molecule has 0 spiro atoms. The number of carbonyl (C=O) groups excluding carboxylic acids is 2. The summed E-state index contributed by atoms with van der Waals surface area (Å²) >= 11 is 0. The van der Waals surface area contributed by atoms with Crippen molar-refractivity contribution < 1.29 is 14.0 Å². The van der Waals surface area contributed by atoms with E-state index in [1.807, 2.05) is 51.4 Å². The summed E-state index contributed by atoms with van der Waals surface area (Å²) < 4.78 is 7.26. The van der Waals surface area contributed by atoms with E-state index < -0.39 is 5.41 Å². The average Bonchev–Trinajstić information content (AvgIpc) is 3.37. The number of hydrogen-bond acceptors (Lipinski definition) is 5. The number of furan rings is 1. The lowest BCUT2D eigenvalue weighted by atomic mass is 9.74. The minimum absolute atomic E-state index is 0.0729. The summed E-state index contributed by atoms with van der Waals surface area (Å²) in [5.41, 5.74) is 1.53. The predicted octanol–water partition coefficient (Wildman–Crippen LogP) is 1.76. The fraction of sp³-hybridized carbons (Fsp3) is 0.591. The topological polar surface area (TPSA) is 74.8 Å². The number of carbonyl (C=O) groups is 2. The fourth-order valence-corrected chi connectivity index (χ4v) is 5.18. The van der Waals surface area contributed by atoms with E-state index in [9.17, 15) is 9.59 Å². The number of amides is 2. The Bertz CT molecular complexity index is 933. The summed E-state index contributed by atoms with van der Waals surface area (Å²) in [5, 5.41) is 4.27. The Labute approximate surface area is 177 Å². The Morgan fingerprint density at radius 3 is 2.77 bits per heavy atom. The van der Waals surface area contributed by atoms with Gasteiger partial charge in [-0.1, -0.05) is 0 Å². The number of nitrogens with zero attached hydrogens (tertiary/aromatic N) is 5. The van der Waals surface area contributed by atoms with E-state index in [0.717, 1.165) is 37.1 Å². The maximum Gasteiger partial charge on any atom is 0.289 e. The molecule has 2 fully saturated rings. The average molecular weight is 414 g/mol. The maximum atomic E-state index is 13.4. The van der Waals surface area contributed by atoms with Gasteiger partial charge < -0.3 is 14.2 Å². The van der Waals surface area contributed by atoms with Crippen molar-refractivity contribution in [3.8, 4) is 0 Å². The number of hydrogen-bond donors (Lipinski definition) is 0. The number of likely N-dealkylation sites (tertiary alicyclic amines) is 2. The van der Waals surface area contributed by atoms with Crippen molar-refractivity contribution in [1.82, 2.24) is 24.5 Å². The highest BCUT2D eigenvalue weighted by molar-refractivity contribution is 5.93. The van der Waals surface area contributed by atoms with Gasteiger partial charge in [-0.25, -0.2) is 0 Å². The molecule has 4 rings (SSSR count). The summed E-state index contributed by atoms with van der Waals surface area (Å²) in [7, 11) is 5.57. The van der Waals surface area contributed by atoms with E-state index in [4.69, 9.17) is 4.42 Å². The Morgan fingerprint density at radius 2 is 2.13 bits per heavy atom. The van der Waals surface area contributed by atoms with Crippen molar-refractivity contribution >= 4 is 11.8 Å². The molecule has 2 amide bonds. The molecule has 162 valence electrons. The minimum Gasteiger partial charge on any atom is -0.459 e. The Hall–Kier alpha value is -2.61. The van der Waals surface area contributed by atoms with Crippen LogP contribution in [0.3, 0.4) is 0 Å². The fourth-order valence-electron chi connectivity index (χ4n) is 5.18. The summed E-state index contributed by atoms with van der Waals surface area (Å²) in [4.78, 5) is 32.4. The van der Waals surface area contributed by atoms with Crippen LogP contribution in [-0.4, -0.2) is 76.6 Å². The third-order valence-electron chi connectivity index (χ3n) is 6.60. The van der Waals surface area contributed by atoms with Crippen LogP contribution < -0.4 is 0 Å². The molecule has 8 heteroatoms. The Morgan fingerprint density at radius 1 is 1.33 bits per heavy atom. The van der Waals surface area contributed by atoms with Crippen molar-refractivity contribution in [3.05, 3.63) is 41.6 Å². The maximum absolute atomic E-state index is 13.4. The molecule has 2 aliphatic heterocycles. The number of fused-ring (bicyclic) bond motifs is 1. The van der Waals surface area contributed by atoms with Gasteiger partial charge in [0.1, 0.15) is 0 Å². The van der Waals surface area contributed by atoms with Crippen molar-refractivity contribution in [2.24, 2.45) is 18.4 Å². The quantitative estimate of drug-likeness (QED) is 0.764. The summed E-state index contributed by atoms with van der Waals surface area (Å²) in [6.45, 7) is 5.38. The number of rotatable bonds is 4. The van der Waals surface area contributed by atoms with Gasteiger partial charge in [-0.05, 0) is 25.8 Å². The third-order valence-corrected chi connectivity index (χ3v) is 6.60. The number of aryl methyl sites for hydroxylation is 2. The Kier molecular flexibility index (Phi) is 5.44. The van der Waals surface area contributed by atoms with E-state index in [0.29, 0.717) is 25.4 Å². The lowest BCUT2D eigenvalue weighted by molar-refractivity contribution is -0.141. The van der Waals surface area contributed by atoms with Crippen LogP contribution in [0.25, 0.3) is 0 Å². The second-order valence-corrected chi connectivity index (χ2v) is 9.03. The zero-order valence-corrected chi connectivity index (χ0v) is 18.3. The summed E-state index contributed by atoms with van der Waals surface area (Å²) in [6, 6.07) is 1.82. The molecule has 0 radical (unpaired) electrons. The van der Waals surface area contributed by atoms with Crippen LogP contribution in [0.15, 0.2) is 29.1 Å². The van der Waals surface area contributed by atoms with Gasteiger partial charge in [0.15, 0.2) is 5.76 Å². The molecule has 30 heavy (non-hydrogen) atoms. The van der Waals surface area contributed by atoms with Gasteiger partial charge in [-0.3, -0.25) is 19.2 Å². The van der Waals surface area contributed by atoms with Crippen LogP contribution in [0.2, 0.25) is 0 Å². The molecule has 0 bridgehead atoms.